The number of piperidine rings is 2. The molecule has 6 heterocycles. The molecule has 6 aliphatic rings. The first-order valence-electron chi connectivity index (χ1n) is 27.3. The quantitative estimate of drug-likeness (QED) is 0.184. The number of ketones is 1. The van der Waals surface area contributed by atoms with Crippen molar-refractivity contribution in [3.63, 3.8) is 0 Å². The smallest absolute Gasteiger partial charge is 0.409 e. The molecule has 3 aromatic heterocycles. The summed E-state index contributed by atoms with van der Waals surface area (Å²) in [5, 5.41) is 5.50. The van der Waals surface area contributed by atoms with Crippen molar-refractivity contribution < 1.29 is 19.1 Å². The molecule has 1 N–H and O–H groups in total. The number of aryl methyl sites for hydroxylation is 3. The van der Waals surface area contributed by atoms with Crippen LogP contribution in [-0.4, -0.2) is 106 Å². The van der Waals surface area contributed by atoms with Crippen LogP contribution in [0.2, 0.25) is 15.1 Å². The van der Waals surface area contributed by atoms with Gasteiger partial charge in [0.25, 0.3) is 0 Å². The Morgan fingerprint density at radius 3 is 1.75 bits per heavy atom. The molecule has 6 aromatic rings. The zero-order valence-electron chi connectivity index (χ0n) is 44.4. The number of carbonyl (C=O) groups excluding carboxylic acids is 3. The van der Waals surface area contributed by atoms with E-state index in [1.165, 1.54) is 44.5 Å². The van der Waals surface area contributed by atoms with Crippen molar-refractivity contribution in [1.82, 2.24) is 35.0 Å². The van der Waals surface area contributed by atoms with Crippen LogP contribution in [0.3, 0.4) is 0 Å². The maximum Gasteiger partial charge on any atom is 0.409 e. The molecule has 20 heteroatoms. The number of nitrogens with zero attached hydrogens (tertiary/aromatic N) is 6. The molecule has 3 aliphatic carbocycles. The number of nitrogens with one attached hydrogen (secondary N) is 1. The first kappa shape index (κ1) is 61.0. The van der Waals surface area contributed by atoms with Gasteiger partial charge in [-0.05, 0) is 273 Å². The minimum Gasteiger partial charge on any atom is -0.450 e. The number of fused-ring (bicyclic) bond motifs is 6. The molecule has 12 rings (SSSR count). The summed E-state index contributed by atoms with van der Waals surface area (Å²) in [5.74, 6) is 0.814. The fourth-order valence-corrected chi connectivity index (χ4v) is 15.3. The standard InChI is InChI=1S/C25H29Br2ClN4O.C22H21Br2ClN2O2.C14H8Br2ClNO/c26-18-14-17-1-2-19-20(3-4-21(28)23(19)27)25(24(17)30-15-18)32-11-9-31(10-12-32)22(33)13-16-5-7-29-8-6-16;1-2-29-22(28)27-9-7-13(8-10-27)19-16-5-6-18(25)20(24)17(16)4-3-14-11-15(23)12-26-21(14)19;15-8-5-7-1-2-9-10(3-4-11(17)12(9)16)14(19)13(7)18-6-8/h3-4,14-16,25,29H,1-2,5-13H2;5-6,11-12H,2-4,7-10H2,1H3;3-6H,1-2H2. The van der Waals surface area contributed by atoms with Gasteiger partial charge in [0.2, 0.25) is 11.7 Å². The number of amides is 2. The van der Waals surface area contributed by atoms with Crippen LogP contribution in [0.25, 0.3) is 5.57 Å². The van der Waals surface area contributed by atoms with E-state index in [0.717, 1.165) is 163 Å². The fraction of sp³-hybridized carbons (Fsp3) is 0.377. The Bertz CT molecular complexity index is 3440. The zero-order valence-corrected chi connectivity index (χ0v) is 56.2. The van der Waals surface area contributed by atoms with Gasteiger partial charge in [-0.25, -0.2) is 4.79 Å². The third-order valence-corrected chi connectivity index (χ3v) is 21.8. The van der Waals surface area contributed by atoms with Gasteiger partial charge < -0.3 is 19.9 Å². The summed E-state index contributed by atoms with van der Waals surface area (Å²) in [6.45, 7) is 8.87. The molecule has 1 unspecified atom stereocenters. The van der Waals surface area contributed by atoms with Crippen molar-refractivity contribution in [2.45, 2.75) is 83.6 Å². The van der Waals surface area contributed by atoms with Crippen molar-refractivity contribution in [3.05, 3.63) is 188 Å². The van der Waals surface area contributed by atoms with Crippen molar-refractivity contribution in [2.75, 3.05) is 59.0 Å². The molecule has 3 saturated heterocycles. The highest BCUT2D eigenvalue weighted by Gasteiger charge is 2.35. The largest absolute Gasteiger partial charge is 0.450 e. The van der Waals surface area contributed by atoms with E-state index < -0.39 is 0 Å². The summed E-state index contributed by atoms with van der Waals surface area (Å²) in [6.07, 6.45) is 14.9. The Kier molecular flexibility index (Phi) is 20.7. The van der Waals surface area contributed by atoms with Crippen molar-refractivity contribution in [3.8, 4) is 0 Å². The number of hydrogen-bond acceptors (Lipinski definition) is 9. The molecule has 2 amide bonds. The first-order chi connectivity index (χ1) is 39.1. The topological polar surface area (TPSA) is 121 Å². The second-order valence-corrected chi connectivity index (χ2v) is 27.3. The number of ether oxygens (including phenoxy) is 1. The molecular formula is C61H58Br6Cl3N7O4. The van der Waals surface area contributed by atoms with E-state index in [1.54, 1.807) is 23.2 Å². The maximum atomic E-state index is 13.0. The van der Waals surface area contributed by atoms with Crippen LogP contribution < -0.4 is 5.32 Å². The minimum atomic E-state index is -0.227. The van der Waals surface area contributed by atoms with Crippen molar-refractivity contribution in [2.24, 2.45) is 5.92 Å². The molecule has 3 aliphatic heterocycles. The summed E-state index contributed by atoms with van der Waals surface area (Å²) in [6, 6.07) is 18.1. The molecule has 0 bridgehead atoms. The predicted molar refractivity (Wildman–Crippen MR) is 343 cm³/mol. The molecular weight excluding hydrogens is 1480 g/mol. The van der Waals surface area contributed by atoms with Gasteiger partial charge in [0.15, 0.2) is 0 Å². The number of piperazine rings is 1. The summed E-state index contributed by atoms with van der Waals surface area (Å²) >= 11 is 40.5. The second kappa shape index (κ2) is 27.5. The van der Waals surface area contributed by atoms with E-state index in [0.29, 0.717) is 54.2 Å². The summed E-state index contributed by atoms with van der Waals surface area (Å²) in [4.78, 5) is 58.0. The number of benzene rings is 3. The SMILES string of the molecule is CCOC(=O)N1CCC(=C2c3ccc(Cl)c(Br)c3CCc3cc(Br)cnc32)CC1.O=C(CC1CCNCC1)N1CCN(C2c3ccc(Cl)c(Br)c3CCc3cc(Br)cnc32)CC1.O=C1c2ccc(Cl)c(Br)c2CCc2cc(Br)cnc21. The van der Waals surface area contributed by atoms with Gasteiger partial charge in [-0.15, -0.1) is 0 Å². The highest BCUT2D eigenvalue weighted by molar-refractivity contribution is 9.11. The Hall–Kier alpha value is -3.07. The molecule has 11 nitrogen and oxygen atoms in total. The number of rotatable bonds is 4. The van der Waals surface area contributed by atoms with Gasteiger partial charge in [-0.2, -0.15) is 0 Å². The lowest BCUT2D eigenvalue weighted by molar-refractivity contribution is -0.134. The number of pyridine rings is 3. The third kappa shape index (κ3) is 13.8. The van der Waals surface area contributed by atoms with Crippen LogP contribution in [0.15, 0.2) is 106 Å². The fourth-order valence-electron chi connectivity index (χ4n) is 12.0. The average Bonchev–Trinajstić information content (AvgIpc) is 4.06. The highest BCUT2D eigenvalue weighted by atomic mass is 79.9. The number of hydrogen-bond donors (Lipinski definition) is 1. The van der Waals surface area contributed by atoms with E-state index >= 15 is 0 Å². The lowest BCUT2D eigenvalue weighted by Crippen LogP contribution is -2.50. The lowest BCUT2D eigenvalue weighted by atomic mass is 9.88. The summed E-state index contributed by atoms with van der Waals surface area (Å²) in [5.41, 5.74) is 15.3. The predicted octanol–water partition coefficient (Wildman–Crippen LogP) is 16.0. The van der Waals surface area contributed by atoms with Gasteiger partial charge in [-0.1, -0.05) is 52.5 Å². The van der Waals surface area contributed by atoms with E-state index in [1.807, 2.05) is 37.5 Å². The Morgan fingerprint density at radius 1 is 0.605 bits per heavy atom. The Balaban J connectivity index is 0.000000141. The second-order valence-electron chi connectivity index (χ2n) is 20.9. The molecule has 1 atom stereocenters. The van der Waals surface area contributed by atoms with Crippen LogP contribution in [-0.2, 0) is 48.1 Å². The van der Waals surface area contributed by atoms with Crippen molar-refractivity contribution in [1.29, 1.82) is 0 Å². The van der Waals surface area contributed by atoms with E-state index in [4.69, 9.17) is 49.5 Å². The van der Waals surface area contributed by atoms with Crippen LogP contribution in [0.5, 0.6) is 0 Å². The zero-order chi connectivity index (χ0) is 57.1. The van der Waals surface area contributed by atoms with Crippen LogP contribution in [0, 0.1) is 5.92 Å². The lowest BCUT2D eigenvalue weighted by Gasteiger charge is -2.40. The summed E-state index contributed by atoms with van der Waals surface area (Å²) < 4.78 is 10.8. The Labute approximate surface area is 538 Å². The molecule has 424 valence electrons. The van der Waals surface area contributed by atoms with Gasteiger partial charge in [0, 0.05) is 102 Å². The van der Waals surface area contributed by atoms with Gasteiger partial charge in [0.05, 0.1) is 39.1 Å². The van der Waals surface area contributed by atoms with Crippen LogP contribution in [0.4, 0.5) is 4.79 Å². The number of carbonyl (C=O) groups is 3. The van der Waals surface area contributed by atoms with Gasteiger partial charge in [-0.3, -0.25) is 29.4 Å². The van der Waals surface area contributed by atoms with Crippen LogP contribution in [0.1, 0.15) is 117 Å². The minimum absolute atomic E-state index is 0.0348. The number of aromatic nitrogens is 3. The summed E-state index contributed by atoms with van der Waals surface area (Å²) in [7, 11) is 0. The highest BCUT2D eigenvalue weighted by Crippen LogP contribution is 2.44. The van der Waals surface area contributed by atoms with Crippen molar-refractivity contribution >= 4 is 154 Å². The third-order valence-electron chi connectivity index (χ3n) is 16.1. The number of halogens is 9. The Morgan fingerprint density at radius 2 is 1.12 bits per heavy atom. The first-order valence-corrected chi connectivity index (χ1v) is 33.2. The normalized spacial score (nSPS) is 18.0. The monoisotopic (exact) mass is 1530 g/mol. The molecule has 3 aromatic carbocycles. The van der Waals surface area contributed by atoms with Crippen LogP contribution >= 0.6 is 130 Å². The van der Waals surface area contributed by atoms with E-state index in [9.17, 15) is 14.4 Å². The van der Waals surface area contributed by atoms with E-state index in [-0.39, 0.29) is 17.9 Å². The molecule has 3 fully saturated rings. The van der Waals surface area contributed by atoms with Gasteiger partial charge in [0.1, 0.15) is 5.69 Å². The molecule has 0 saturated carbocycles. The molecule has 0 radical (unpaired) electrons. The van der Waals surface area contributed by atoms with Gasteiger partial charge >= 0.3 is 6.09 Å². The molecule has 81 heavy (non-hydrogen) atoms. The molecule has 0 spiro atoms. The average molecular weight is 1540 g/mol. The van der Waals surface area contributed by atoms with E-state index in [2.05, 4.69) is 140 Å². The maximum absolute atomic E-state index is 13.0. The number of likely N-dealkylation sites (tertiary alicyclic amines) is 1.